The molecule has 1 fully saturated rings. The van der Waals surface area contributed by atoms with Crippen LogP contribution < -0.4 is 11.1 Å². The van der Waals surface area contributed by atoms with Gasteiger partial charge in [-0.25, -0.2) is 0 Å². The van der Waals surface area contributed by atoms with Gasteiger partial charge in [0, 0.05) is 42.9 Å². The van der Waals surface area contributed by atoms with E-state index in [9.17, 15) is 0 Å². The van der Waals surface area contributed by atoms with Crippen molar-refractivity contribution in [2.45, 2.75) is 32.2 Å². The first-order chi connectivity index (χ1) is 8.83. The Bertz CT molecular complexity index is 364. The van der Waals surface area contributed by atoms with E-state index in [1.54, 1.807) is 6.20 Å². The highest BCUT2D eigenvalue weighted by Crippen LogP contribution is 2.32. The zero-order valence-electron chi connectivity index (χ0n) is 11.1. The minimum Gasteiger partial charge on any atom is -0.398 e. The van der Waals surface area contributed by atoms with Crippen molar-refractivity contribution >= 4 is 5.69 Å². The van der Waals surface area contributed by atoms with Crippen molar-refractivity contribution in [3.8, 4) is 0 Å². The average Bonchev–Trinajstić information content (AvgIpc) is 2.42. The number of nitrogens with zero attached hydrogens (tertiary/aromatic N) is 1. The third-order valence-electron chi connectivity index (χ3n) is 3.57. The number of anilines is 1. The van der Waals surface area contributed by atoms with E-state index >= 15 is 0 Å². The van der Waals surface area contributed by atoms with Crippen LogP contribution in [-0.4, -0.2) is 24.7 Å². The number of ether oxygens (including phenoxy) is 1. The van der Waals surface area contributed by atoms with Crippen LogP contribution in [0.5, 0.6) is 0 Å². The molecule has 0 amide bonds. The molecule has 1 aliphatic rings. The molecule has 0 saturated carbocycles. The first-order valence-corrected chi connectivity index (χ1v) is 6.83. The number of rotatable bonds is 5. The standard InChI is InChI=1S/C14H23N3O/c1-2-6-17-14(11-4-8-18-9-5-11)12-10-16-7-3-13(12)15/h3,7,10-11,14,17H,2,4-6,8-9H2,1H3,(H2,15,16). The van der Waals surface area contributed by atoms with E-state index in [4.69, 9.17) is 10.5 Å². The molecule has 0 spiro atoms. The lowest BCUT2D eigenvalue weighted by atomic mass is 9.87. The number of nitrogens with two attached hydrogens (primary N) is 1. The van der Waals surface area contributed by atoms with Gasteiger partial charge in [0.05, 0.1) is 0 Å². The third kappa shape index (κ3) is 3.21. The largest absolute Gasteiger partial charge is 0.398 e. The van der Waals surface area contributed by atoms with E-state index in [1.165, 1.54) is 0 Å². The molecule has 1 atom stereocenters. The number of aromatic nitrogens is 1. The summed E-state index contributed by atoms with van der Waals surface area (Å²) in [4.78, 5) is 4.22. The van der Waals surface area contributed by atoms with Crippen LogP contribution in [0.15, 0.2) is 18.5 Å². The summed E-state index contributed by atoms with van der Waals surface area (Å²) in [5.74, 6) is 0.594. The molecule has 4 nitrogen and oxygen atoms in total. The summed E-state index contributed by atoms with van der Waals surface area (Å²) in [6.45, 7) is 4.90. The predicted octanol–water partition coefficient (Wildman–Crippen LogP) is 2.13. The Labute approximate surface area is 109 Å². The molecule has 0 aliphatic carbocycles. The van der Waals surface area contributed by atoms with E-state index in [0.29, 0.717) is 12.0 Å². The molecule has 2 heterocycles. The zero-order chi connectivity index (χ0) is 12.8. The van der Waals surface area contributed by atoms with Gasteiger partial charge in [0.1, 0.15) is 0 Å². The minimum atomic E-state index is 0.308. The number of hydrogen-bond acceptors (Lipinski definition) is 4. The highest BCUT2D eigenvalue weighted by atomic mass is 16.5. The zero-order valence-corrected chi connectivity index (χ0v) is 11.1. The molecule has 18 heavy (non-hydrogen) atoms. The average molecular weight is 249 g/mol. The molecule has 100 valence electrons. The quantitative estimate of drug-likeness (QED) is 0.839. The number of nitrogen functional groups attached to an aromatic ring is 1. The molecule has 1 unspecified atom stereocenters. The SMILES string of the molecule is CCCNC(c1cnccc1N)C1CCOCC1. The van der Waals surface area contributed by atoms with Crippen molar-refractivity contribution in [2.75, 3.05) is 25.5 Å². The first kappa shape index (κ1) is 13.3. The van der Waals surface area contributed by atoms with Gasteiger partial charge in [-0.05, 0) is 37.8 Å². The van der Waals surface area contributed by atoms with Gasteiger partial charge in [-0.2, -0.15) is 0 Å². The van der Waals surface area contributed by atoms with Crippen LogP contribution >= 0.6 is 0 Å². The summed E-state index contributed by atoms with van der Waals surface area (Å²) < 4.78 is 5.45. The van der Waals surface area contributed by atoms with Crippen molar-refractivity contribution < 1.29 is 4.74 Å². The maximum atomic E-state index is 6.09. The Morgan fingerprint density at radius 3 is 2.94 bits per heavy atom. The van der Waals surface area contributed by atoms with Crippen LogP contribution in [0.2, 0.25) is 0 Å². The summed E-state index contributed by atoms with van der Waals surface area (Å²) >= 11 is 0. The lowest BCUT2D eigenvalue weighted by Crippen LogP contribution is -2.33. The molecular formula is C14H23N3O. The molecule has 1 saturated heterocycles. The van der Waals surface area contributed by atoms with E-state index < -0.39 is 0 Å². The van der Waals surface area contributed by atoms with Crippen molar-refractivity contribution in [3.63, 3.8) is 0 Å². The Hall–Kier alpha value is -1.13. The smallest absolute Gasteiger partial charge is 0.0469 e. The highest BCUT2D eigenvalue weighted by molar-refractivity contribution is 5.46. The van der Waals surface area contributed by atoms with Crippen LogP contribution in [0.3, 0.4) is 0 Å². The predicted molar refractivity (Wildman–Crippen MR) is 73.2 cm³/mol. The fraction of sp³-hybridized carbons (Fsp3) is 0.643. The maximum absolute atomic E-state index is 6.09. The molecule has 0 bridgehead atoms. The lowest BCUT2D eigenvalue weighted by molar-refractivity contribution is 0.0536. The van der Waals surface area contributed by atoms with Crippen LogP contribution in [0, 0.1) is 5.92 Å². The summed E-state index contributed by atoms with van der Waals surface area (Å²) in [7, 11) is 0. The summed E-state index contributed by atoms with van der Waals surface area (Å²) in [6, 6.07) is 2.19. The maximum Gasteiger partial charge on any atom is 0.0469 e. The molecule has 2 rings (SSSR count). The van der Waals surface area contributed by atoms with Crippen molar-refractivity contribution in [2.24, 2.45) is 5.92 Å². The van der Waals surface area contributed by atoms with Crippen LogP contribution in [0.1, 0.15) is 37.8 Å². The van der Waals surface area contributed by atoms with E-state index in [0.717, 1.165) is 50.3 Å². The van der Waals surface area contributed by atoms with Crippen molar-refractivity contribution in [1.82, 2.24) is 10.3 Å². The Balaban J connectivity index is 2.15. The van der Waals surface area contributed by atoms with Crippen molar-refractivity contribution in [3.05, 3.63) is 24.0 Å². The molecule has 3 N–H and O–H groups in total. The molecule has 1 aliphatic heterocycles. The lowest BCUT2D eigenvalue weighted by Gasteiger charge is -2.31. The van der Waals surface area contributed by atoms with Gasteiger partial charge in [0.2, 0.25) is 0 Å². The van der Waals surface area contributed by atoms with Gasteiger partial charge in [0.25, 0.3) is 0 Å². The van der Waals surface area contributed by atoms with Gasteiger partial charge < -0.3 is 15.8 Å². The molecule has 0 radical (unpaired) electrons. The molecular weight excluding hydrogens is 226 g/mol. The summed E-state index contributed by atoms with van der Waals surface area (Å²) in [6.07, 6.45) is 6.96. The minimum absolute atomic E-state index is 0.308. The molecule has 1 aromatic rings. The van der Waals surface area contributed by atoms with Crippen molar-refractivity contribution in [1.29, 1.82) is 0 Å². The topological polar surface area (TPSA) is 60.2 Å². The Morgan fingerprint density at radius 1 is 1.50 bits per heavy atom. The third-order valence-corrected chi connectivity index (χ3v) is 3.57. The van der Waals surface area contributed by atoms with Gasteiger partial charge in [-0.3, -0.25) is 4.98 Å². The van der Waals surface area contributed by atoms with Gasteiger partial charge in [0.15, 0.2) is 0 Å². The summed E-state index contributed by atoms with van der Waals surface area (Å²) in [5.41, 5.74) is 8.06. The van der Waals surface area contributed by atoms with Crippen LogP contribution in [-0.2, 0) is 4.74 Å². The number of pyridine rings is 1. The summed E-state index contributed by atoms with van der Waals surface area (Å²) in [5, 5.41) is 3.62. The Morgan fingerprint density at radius 2 is 2.28 bits per heavy atom. The molecule has 1 aromatic heterocycles. The first-order valence-electron chi connectivity index (χ1n) is 6.83. The highest BCUT2D eigenvalue weighted by Gasteiger charge is 2.26. The van der Waals surface area contributed by atoms with E-state index in [-0.39, 0.29) is 0 Å². The van der Waals surface area contributed by atoms with E-state index in [2.05, 4.69) is 17.2 Å². The normalized spacial score (nSPS) is 18.7. The van der Waals surface area contributed by atoms with Gasteiger partial charge in [-0.1, -0.05) is 6.92 Å². The fourth-order valence-corrected chi connectivity index (χ4v) is 2.56. The van der Waals surface area contributed by atoms with Crippen LogP contribution in [0.25, 0.3) is 0 Å². The fourth-order valence-electron chi connectivity index (χ4n) is 2.56. The Kier molecular flexibility index (Phi) is 4.96. The number of hydrogen-bond donors (Lipinski definition) is 2. The second kappa shape index (κ2) is 6.71. The second-order valence-corrected chi connectivity index (χ2v) is 4.89. The van der Waals surface area contributed by atoms with E-state index in [1.807, 2.05) is 12.3 Å². The molecule has 4 heteroatoms. The second-order valence-electron chi connectivity index (χ2n) is 4.89. The van der Waals surface area contributed by atoms with Crippen LogP contribution in [0.4, 0.5) is 5.69 Å². The molecule has 0 aromatic carbocycles. The van der Waals surface area contributed by atoms with Gasteiger partial charge >= 0.3 is 0 Å². The monoisotopic (exact) mass is 249 g/mol. The van der Waals surface area contributed by atoms with Gasteiger partial charge in [-0.15, -0.1) is 0 Å². The number of nitrogens with one attached hydrogen (secondary N) is 1.